The third-order valence-corrected chi connectivity index (χ3v) is 6.06. The van der Waals surface area contributed by atoms with E-state index in [1.165, 1.54) is 9.13 Å². The van der Waals surface area contributed by atoms with Gasteiger partial charge < -0.3 is 9.30 Å². The molecule has 5 rings (SSSR count). The summed E-state index contributed by atoms with van der Waals surface area (Å²) < 4.78 is 12.3. The average Bonchev–Trinajstić information content (AvgIpc) is 3.43. The fraction of sp³-hybridized carbons (Fsp3) is 0.381. The van der Waals surface area contributed by atoms with Gasteiger partial charge in [0.15, 0.2) is 11.2 Å². The van der Waals surface area contributed by atoms with E-state index in [9.17, 15) is 9.59 Å². The summed E-state index contributed by atoms with van der Waals surface area (Å²) in [5.41, 5.74) is 1.84. The maximum atomic E-state index is 13.3. The van der Waals surface area contributed by atoms with Crippen molar-refractivity contribution in [1.29, 1.82) is 0 Å². The third kappa shape index (κ3) is 2.98. The average molecular weight is 428 g/mol. The van der Waals surface area contributed by atoms with E-state index in [2.05, 4.69) is 9.55 Å². The maximum absolute atomic E-state index is 13.3. The molecule has 1 atom stereocenters. The van der Waals surface area contributed by atoms with Gasteiger partial charge in [0, 0.05) is 30.6 Å². The number of hydrogen-bond donors (Lipinski definition) is 0. The quantitative estimate of drug-likeness (QED) is 0.501. The molecule has 0 N–H and O–H groups in total. The topological polar surface area (TPSA) is 75.5 Å². The highest BCUT2D eigenvalue weighted by Gasteiger charge is 2.23. The molecule has 156 valence electrons. The molecule has 30 heavy (non-hydrogen) atoms. The molecule has 3 aromatic heterocycles. The Morgan fingerprint density at radius 1 is 1.20 bits per heavy atom. The van der Waals surface area contributed by atoms with E-state index in [0.717, 1.165) is 30.7 Å². The first kappa shape index (κ1) is 19.1. The van der Waals surface area contributed by atoms with Crippen LogP contribution in [0.25, 0.3) is 16.9 Å². The molecular formula is C21H22ClN5O3. The Hall–Kier alpha value is -2.84. The number of fused-ring (bicyclic) bond motifs is 3. The third-order valence-electron chi connectivity index (χ3n) is 5.80. The fourth-order valence-electron chi connectivity index (χ4n) is 4.18. The number of rotatable bonds is 4. The van der Waals surface area contributed by atoms with Gasteiger partial charge in [0.25, 0.3) is 5.56 Å². The zero-order valence-corrected chi connectivity index (χ0v) is 17.6. The summed E-state index contributed by atoms with van der Waals surface area (Å²) in [6.07, 6.45) is 4.11. The molecule has 4 aromatic rings. The van der Waals surface area contributed by atoms with Crippen LogP contribution in [0, 0.1) is 6.92 Å². The van der Waals surface area contributed by atoms with E-state index >= 15 is 0 Å². The molecule has 9 heteroatoms. The molecule has 0 spiro atoms. The monoisotopic (exact) mass is 427 g/mol. The van der Waals surface area contributed by atoms with Gasteiger partial charge in [-0.2, -0.15) is 4.98 Å². The van der Waals surface area contributed by atoms with E-state index in [-0.39, 0.29) is 18.2 Å². The lowest BCUT2D eigenvalue weighted by Crippen LogP contribution is -2.39. The van der Waals surface area contributed by atoms with Crippen molar-refractivity contribution in [2.45, 2.75) is 39.0 Å². The van der Waals surface area contributed by atoms with Crippen molar-refractivity contribution in [2.24, 2.45) is 7.05 Å². The van der Waals surface area contributed by atoms with Gasteiger partial charge in [0.1, 0.15) is 0 Å². The Kier molecular flexibility index (Phi) is 4.56. The van der Waals surface area contributed by atoms with Gasteiger partial charge in [-0.25, -0.2) is 4.79 Å². The van der Waals surface area contributed by atoms with Crippen LogP contribution in [0.4, 0.5) is 0 Å². The summed E-state index contributed by atoms with van der Waals surface area (Å²) in [7, 11) is 1.65. The van der Waals surface area contributed by atoms with Crippen LogP contribution in [-0.4, -0.2) is 35.8 Å². The molecule has 0 amide bonds. The van der Waals surface area contributed by atoms with Gasteiger partial charge in [-0.15, -0.1) is 0 Å². The van der Waals surface area contributed by atoms with Crippen molar-refractivity contribution >= 4 is 28.5 Å². The second-order valence-corrected chi connectivity index (χ2v) is 8.27. The van der Waals surface area contributed by atoms with Gasteiger partial charge in [0.2, 0.25) is 5.78 Å². The maximum Gasteiger partial charge on any atom is 0.332 e. The molecule has 1 unspecified atom stereocenters. The Labute approximate surface area is 176 Å². The van der Waals surface area contributed by atoms with Crippen molar-refractivity contribution < 1.29 is 4.74 Å². The first-order chi connectivity index (χ1) is 14.4. The van der Waals surface area contributed by atoms with Crippen molar-refractivity contribution in [2.75, 3.05) is 6.61 Å². The Morgan fingerprint density at radius 3 is 2.67 bits per heavy atom. The van der Waals surface area contributed by atoms with Crippen molar-refractivity contribution in [3.63, 3.8) is 0 Å². The van der Waals surface area contributed by atoms with E-state index in [1.54, 1.807) is 23.6 Å². The molecule has 0 bridgehead atoms. The molecule has 1 saturated heterocycles. The molecule has 0 aliphatic carbocycles. The van der Waals surface area contributed by atoms with Crippen molar-refractivity contribution in [3.8, 4) is 0 Å². The highest BCUT2D eigenvalue weighted by molar-refractivity contribution is 6.30. The molecule has 0 radical (unpaired) electrons. The summed E-state index contributed by atoms with van der Waals surface area (Å²) in [6, 6.07) is 7.12. The lowest BCUT2D eigenvalue weighted by molar-refractivity contribution is 0.0974. The smallest absolute Gasteiger partial charge is 0.332 e. The minimum atomic E-state index is -0.398. The molecule has 1 aliphatic rings. The lowest BCUT2D eigenvalue weighted by atomic mass is 10.2. The number of halogens is 1. The number of imidazole rings is 2. The van der Waals surface area contributed by atoms with Crippen LogP contribution in [0.3, 0.4) is 0 Å². The van der Waals surface area contributed by atoms with Crippen LogP contribution in [0.2, 0.25) is 5.02 Å². The standard InChI is InChI=1S/C21H22ClN5O3/c1-13-10-26-17-18(23-20(26)25(13)12-16-4-3-9-30-16)24(2)21(29)27(19(17)28)11-14-5-7-15(22)8-6-14/h5-8,10,16H,3-4,9,11-12H2,1-2H3. The highest BCUT2D eigenvalue weighted by atomic mass is 35.5. The fourth-order valence-corrected chi connectivity index (χ4v) is 4.31. The van der Waals surface area contributed by atoms with E-state index < -0.39 is 5.69 Å². The minimum absolute atomic E-state index is 0.144. The summed E-state index contributed by atoms with van der Waals surface area (Å²) in [5.74, 6) is 0.648. The molecule has 0 saturated carbocycles. The molecule has 8 nitrogen and oxygen atoms in total. The molecule has 4 heterocycles. The van der Waals surface area contributed by atoms with Crippen molar-refractivity contribution in [1.82, 2.24) is 23.1 Å². The summed E-state index contributed by atoms with van der Waals surface area (Å²) >= 11 is 5.95. The van der Waals surface area contributed by atoms with E-state index in [4.69, 9.17) is 16.3 Å². The summed E-state index contributed by atoms with van der Waals surface area (Å²) in [5, 5.41) is 0.606. The van der Waals surface area contributed by atoms with Crippen LogP contribution in [-0.2, 0) is 24.9 Å². The molecule has 1 aliphatic heterocycles. The number of hydrogen-bond acceptors (Lipinski definition) is 4. The SMILES string of the molecule is Cc1cn2c3c(=O)n(Cc4ccc(Cl)cc4)c(=O)n(C)c3nc2n1CC1CCCO1. The van der Waals surface area contributed by atoms with Gasteiger partial charge >= 0.3 is 5.69 Å². The predicted octanol–water partition coefficient (Wildman–Crippen LogP) is 2.34. The number of aryl methyl sites for hydroxylation is 2. The van der Waals surface area contributed by atoms with Crippen molar-refractivity contribution in [3.05, 3.63) is 67.6 Å². The molecular weight excluding hydrogens is 406 g/mol. The zero-order chi connectivity index (χ0) is 21.0. The number of nitrogens with zero attached hydrogens (tertiary/aromatic N) is 5. The van der Waals surface area contributed by atoms with Crippen LogP contribution in [0.5, 0.6) is 0 Å². The minimum Gasteiger partial charge on any atom is -0.376 e. The van der Waals surface area contributed by atoms with E-state index in [0.29, 0.717) is 28.5 Å². The van der Waals surface area contributed by atoms with E-state index in [1.807, 2.05) is 25.3 Å². The normalized spacial score (nSPS) is 16.8. The first-order valence-electron chi connectivity index (χ1n) is 9.98. The second kappa shape index (κ2) is 7.14. The number of aromatic nitrogens is 5. The first-order valence-corrected chi connectivity index (χ1v) is 10.4. The van der Waals surface area contributed by atoms with Gasteiger partial charge in [-0.05, 0) is 37.5 Å². The van der Waals surface area contributed by atoms with Gasteiger partial charge in [-0.1, -0.05) is 23.7 Å². The van der Waals surface area contributed by atoms with Crippen LogP contribution >= 0.6 is 11.6 Å². The lowest BCUT2D eigenvalue weighted by Gasteiger charge is -2.11. The highest BCUT2D eigenvalue weighted by Crippen LogP contribution is 2.20. The van der Waals surface area contributed by atoms with Crippen LogP contribution in [0.15, 0.2) is 40.1 Å². The Morgan fingerprint density at radius 2 is 1.97 bits per heavy atom. The van der Waals surface area contributed by atoms with Crippen LogP contribution < -0.4 is 11.2 Å². The second-order valence-electron chi connectivity index (χ2n) is 7.83. The summed E-state index contributed by atoms with van der Waals surface area (Å²) in [4.78, 5) is 30.9. The van der Waals surface area contributed by atoms with Gasteiger partial charge in [0.05, 0.1) is 19.2 Å². The Bertz CT molecular complexity index is 1370. The molecule has 1 fully saturated rings. The zero-order valence-electron chi connectivity index (χ0n) is 16.8. The van der Waals surface area contributed by atoms with Gasteiger partial charge in [-0.3, -0.25) is 18.3 Å². The molecule has 1 aromatic carbocycles. The largest absolute Gasteiger partial charge is 0.376 e. The Balaban J connectivity index is 1.68. The number of ether oxygens (including phenoxy) is 1. The predicted molar refractivity (Wildman–Crippen MR) is 114 cm³/mol. The number of benzene rings is 1. The summed E-state index contributed by atoms with van der Waals surface area (Å²) in [6.45, 7) is 3.62. The van der Waals surface area contributed by atoms with Crippen LogP contribution in [0.1, 0.15) is 24.1 Å².